The van der Waals surface area contributed by atoms with E-state index in [0.29, 0.717) is 6.42 Å². The largest absolute Gasteiger partial charge is 0.314 e. The Morgan fingerprint density at radius 1 is 1.14 bits per heavy atom. The Kier molecular flexibility index (Phi) is 5.67. The molecule has 9 heteroatoms. The molecule has 0 fully saturated rings. The van der Waals surface area contributed by atoms with Crippen LogP contribution in [-0.2, 0) is 17.7 Å². The van der Waals surface area contributed by atoms with E-state index >= 15 is 0 Å². The Bertz CT molecular complexity index is 654. The fourth-order valence-electron chi connectivity index (χ4n) is 1.96. The van der Waals surface area contributed by atoms with Gasteiger partial charge in [-0.3, -0.25) is 0 Å². The lowest BCUT2D eigenvalue weighted by Gasteiger charge is -1.96. The molecule has 0 spiro atoms. The molecule has 0 saturated heterocycles. The fraction of sp³-hybridized carbons (Fsp3) is 0.538. The molecule has 0 bridgehead atoms. The lowest BCUT2D eigenvalue weighted by atomic mass is 10.2. The van der Waals surface area contributed by atoms with Gasteiger partial charge in [0, 0.05) is 16.2 Å². The maximum atomic E-state index is 10.2. The van der Waals surface area contributed by atoms with Gasteiger partial charge in [0.25, 0.3) is 5.09 Å². The van der Waals surface area contributed by atoms with Gasteiger partial charge >= 0.3 is 0 Å². The third-order valence-corrected chi connectivity index (χ3v) is 5.27. The topological polar surface area (TPSA) is 90.2 Å². The molecular weight excluding hydrogens is 324 g/mol. The molecule has 0 saturated carbocycles. The van der Waals surface area contributed by atoms with E-state index < -0.39 is 5.09 Å². The summed E-state index contributed by atoms with van der Waals surface area (Å²) >= 11 is 3.12. The molecule has 120 valence electrons. The van der Waals surface area contributed by atoms with E-state index in [9.17, 15) is 10.1 Å². The summed E-state index contributed by atoms with van der Waals surface area (Å²) in [4.78, 5) is 25.7. The summed E-state index contributed by atoms with van der Waals surface area (Å²) in [6, 6.07) is 0. The predicted octanol–water partition coefficient (Wildman–Crippen LogP) is 3.66. The lowest BCUT2D eigenvalue weighted by Crippen LogP contribution is -2.04. The second-order valence-corrected chi connectivity index (χ2v) is 6.90. The first-order valence-electron chi connectivity index (χ1n) is 6.96. The zero-order valence-electron chi connectivity index (χ0n) is 12.7. The van der Waals surface area contributed by atoms with Crippen LogP contribution >= 0.6 is 22.7 Å². The molecule has 2 aromatic rings. The number of hydrogen-bond donors (Lipinski definition) is 1. The second kappa shape index (κ2) is 7.50. The number of nitrogens with zero attached hydrogens (tertiary/aromatic N) is 3. The predicted molar refractivity (Wildman–Crippen MR) is 87.6 cm³/mol. The molecular formula is C13H18N4O3S2. The van der Waals surface area contributed by atoms with Crippen molar-refractivity contribution in [3.05, 3.63) is 31.3 Å². The first kappa shape index (κ1) is 16.6. The Balaban J connectivity index is 2.01. The summed E-state index contributed by atoms with van der Waals surface area (Å²) < 4.78 is 0. The number of nitrogens with one attached hydrogen (secondary N) is 1. The Morgan fingerprint density at radius 3 is 2.18 bits per heavy atom. The zero-order valence-corrected chi connectivity index (χ0v) is 14.3. The molecule has 0 aromatic carbocycles. The molecule has 0 radical (unpaired) electrons. The van der Waals surface area contributed by atoms with Gasteiger partial charge in [-0.1, -0.05) is 13.3 Å². The average molecular weight is 342 g/mol. The van der Waals surface area contributed by atoms with Gasteiger partial charge < -0.3 is 10.2 Å². The Morgan fingerprint density at radius 2 is 1.68 bits per heavy atom. The molecule has 0 aliphatic rings. The average Bonchev–Trinajstić information content (AvgIpc) is 2.94. The smallest absolute Gasteiger partial charge is 0.294 e. The van der Waals surface area contributed by atoms with Crippen molar-refractivity contribution in [2.75, 3.05) is 11.9 Å². The van der Waals surface area contributed by atoms with Gasteiger partial charge in [0.2, 0.25) is 0 Å². The molecule has 22 heavy (non-hydrogen) atoms. The summed E-state index contributed by atoms with van der Waals surface area (Å²) in [5.41, 5.74) is 1.92. The summed E-state index contributed by atoms with van der Waals surface area (Å²) in [5.74, 6) is 0. The Hall–Kier alpha value is -1.74. The van der Waals surface area contributed by atoms with Gasteiger partial charge in [-0.25, -0.2) is 9.97 Å². The molecule has 2 aromatic heterocycles. The molecule has 2 rings (SSSR count). The Labute approximate surface area is 136 Å². The van der Waals surface area contributed by atoms with E-state index in [0.717, 1.165) is 39.4 Å². The van der Waals surface area contributed by atoms with Gasteiger partial charge in [0.1, 0.15) is 6.61 Å². The highest BCUT2D eigenvalue weighted by molar-refractivity contribution is 7.17. The van der Waals surface area contributed by atoms with E-state index in [1.54, 1.807) is 11.3 Å². The number of aryl methyl sites for hydroxylation is 3. The van der Waals surface area contributed by atoms with Crippen LogP contribution < -0.4 is 5.32 Å². The van der Waals surface area contributed by atoms with Crippen LogP contribution in [0.25, 0.3) is 0 Å². The number of hydrogen-bond acceptors (Lipinski definition) is 8. The number of rotatable bonds is 8. The summed E-state index contributed by atoms with van der Waals surface area (Å²) in [6.07, 6.45) is 2.61. The van der Waals surface area contributed by atoms with Crippen molar-refractivity contribution in [3.8, 4) is 0 Å². The fourth-order valence-corrected chi connectivity index (χ4v) is 4.03. The highest BCUT2D eigenvalue weighted by Gasteiger charge is 2.12. The van der Waals surface area contributed by atoms with Crippen molar-refractivity contribution in [1.82, 2.24) is 9.97 Å². The van der Waals surface area contributed by atoms with Crippen LogP contribution in [0.1, 0.15) is 34.5 Å². The standard InChI is InChI=1S/C13H18N4O3S2/c1-4-5-10-8(2)14-12(21-10)16-13-15-9(3)11(22-13)6-7-20-17(18)19/h4-7H2,1-3H3,(H,14,15,16). The minimum absolute atomic E-state index is 0.0481. The van der Waals surface area contributed by atoms with E-state index in [1.165, 1.54) is 16.2 Å². The van der Waals surface area contributed by atoms with Crippen molar-refractivity contribution in [2.24, 2.45) is 0 Å². The summed E-state index contributed by atoms with van der Waals surface area (Å²) in [5, 5.41) is 14.2. The highest BCUT2D eigenvalue weighted by atomic mass is 32.1. The molecule has 0 atom stereocenters. The van der Waals surface area contributed by atoms with E-state index in [-0.39, 0.29) is 6.61 Å². The third kappa shape index (κ3) is 4.38. The molecule has 1 N–H and O–H groups in total. The first-order chi connectivity index (χ1) is 10.5. The van der Waals surface area contributed by atoms with Gasteiger partial charge in [0.05, 0.1) is 11.4 Å². The molecule has 0 unspecified atom stereocenters. The molecule has 0 amide bonds. The second-order valence-electron chi connectivity index (χ2n) is 4.74. The number of thiazole rings is 2. The molecule has 0 aliphatic heterocycles. The molecule has 0 aliphatic carbocycles. The monoisotopic (exact) mass is 342 g/mol. The van der Waals surface area contributed by atoms with Crippen LogP contribution in [0.15, 0.2) is 0 Å². The number of aromatic nitrogens is 2. The molecule has 7 nitrogen and oxygen atoms in total. The van der Waals surface area contributed by atoms with Gasteiger partial charge in [0.15, 0.2) is 10.3 Å². The van der Waals surface area contributed by atoms with Crippen molar-refractivity contribution in [3.63, 3.8) is 0 Å². The first-order valence-corrected chi connectivity index (χ1v) is 8.59. The minimum Gasteiger partial charge on any atom is -0.314 e. The maximum Gasteiger partial charge on any atom is 0.294 e. The van der Waals surface area contributed by atoms with Crippen LogP contribution in [0.4, 0.5) is 10.3 Å². The van der Waals surface area contributed by atoms with E-state index in [4.69, 9.17) is 0 Å². The minimum atomic E-state index is -0.775. The summed E-state index contributed by atoms with van der Waals surface area (Å²) in [7, 11) is 0. The van der Waals surface area contributed by atoms with Crippen molar-refractivity contribution >= 4 is 32.9 Å². The lowest BCUT2D eigenvalue weighted by molar-refractivity contribution is -0.757. The molecule has 2 heterocycles. The van der Waals surface area contributed by atoms with Crippen molar-refractivity contribution in [2.45, 2.75) is 40.0 Å². The van der Waals surface area contributed by atoms with Crippen molar-refractivity contribution in [1.29, 1.82) is 0 Å². The van der Waals surface area contributed by atoms with Gasteiger partial charge in [-0.15, -0.1) is 32.8 Å². The van der Waals surface area contributed by atoms with Crippen LogP contribution in [-0.4, -0.2) is 21.7 Å². The van der Waals surface area contributed by atoms with E-state index in [1.807, 2.05) is 13.8 Å². The van der Waals surface area contributed by atoms with Gasteiger partial charge in [-0.05, 0) is 20.3 Å². The summed E-state index contributed by atoms with van der Waals surface area (Å²) in [6.45, 7) is 6.10. The van der Waals surface area contributed by atoms with Crippen LogP contribution in [0, 0.1) is 24.0 Å². The van der Waals surface area contributed by atoms with Crippen LogP contribution in [0.3, 0.4) is 0 Å². The van der Waals surface area contributed by atoms with E-state index in [2.05, 4.69) is 27.0 Å². The number of anilines is 2. The zero-order chi connectivity index (χ0) is 16.1. The SMILES string of the molecule is CCCc1sc(Nc2nc(C)c(CCO[N+](=O)[O-])s2)nc1C. The normalized spacial score (nSPS) is 10.7. The maximum absolute atomic E-state index is 10.2. The van der Waals surface area contributed by atoms with Crippen molar-refractivity contribution < 1.29 is 9.92 Å². The third-order valence-electron chi connectivity index (χ3n) is 3.00. The van der Waals surface area contributed by atoms with Crippen LogP contribution in [0.2, 0.25) is 0 Å². The highest BCUT2D eigenvalue weighted by Crippen LogP contribution is 2.30. The quantitative estimate of drug-likeness (QED) is 0.581. The van der Waals surface area contributed by atoms with Gasteiger partial charge in [-0.2, -0.15) is 0 Å². The van der Waals surface area contributed by atoms with Crippen LogP contribution in [0.5, 0.6) is 0 Å².